The Bertz CT molecular complexity index is 2260. The molecule has 0 saturated carbocycles. The van der Waals surface area contributed by atoms with Gasteiger partial charge in [-0.25, -0.2) is 9.59 Å². The van der Waals surface area contributed by atoms with Crippen LogP contribution in [0.3, 0.4) is 0 Å². The quantitative estimate of drug-likeness (QED) is 0.0296. The molecule has 0 aromatic carbocycles. The number of unbranched alkanes of at least 4 members (excludes halogenated alkanes) is 5. The summed E-state index contributed by atoms with van der Waals surface area (Å²) in [4.78, 5) is 96.0. The van der Waals surface area contributed by atoms with Gasteiger partial charge < -0.3 is 81.8 Å². The Hall–Kier alpha value is -4.55. The first kappa shape index (κ1) is 58.8. The van der Waals surface area contributed by atoms with E-state index in [1.54, 1.807) is 0 Å². The number of rotatable bonds is 22. The summed E-state index contributed by atoms with van der Waals surface area (Å²) in [6.07, 6.45) is 7.00. The lowest BCUT2D eigenvalue weighted by atomic mass is 10.1. The number of hydrogen-bond donors (Lipinski definition) is 13. The zero-order valence-corrected chi connectivity index (χ0v) is 39.2. The number of nitrogens with two attached hydrogens (primary N) is 1. The Balaban J connectivity index is 0.000000279. The molecule has 2 aromatic heterocycles. The molecule has 3 aliphatic heterocycles. The highest BCUT2D eigenvalue weighted by Crippen LogP contribution is 2.33. The van der Waals surface area contributed by atoms with Gasteiger partial charge in [0.15, 0.2) is 6.23 Å². The molecular weight excluding hydrogens is 937 g/mol. The topological polar surface area (TPSA) is 450 Å². The number of likely N-dealkylation sites (tertiary alicyclic amines) is 1. The summed E-state index contributed by atoms with van der Waals surface area (Å²) in [5, 5.41) is 60.1. The van der Waals surface area contributed by atoms with Gasteiger partial charge in [-0.3, -0.25) is 42.8 Å². The maximum absolute atomic E-state index is 12.0. The average Bonchev–Trinajstić information content (AvgIpc) is 3.97. The summed E-state index contributed by atoms with van der Waals surface area (Å²) in [5.74, 6) is -0.875. The van der Waals surface area contributed by atoms with Crippen molar-refractivity contribution in [3.05, 3.63) is 77.3 Å². The number of aliphatic hydroxyl groups excluding tert-OH is 6. The Labute approximate surface area is 395 Å². The number of phosphoric ester groups is 1. The number of carbonyl (C=O) groups excluding carboxylic acids is 2. The normalized spacial score (nSPS) is 25.3. The van der Waals surface area contributed by atoms with Crippen LogP contribution >= 0.6 is 7.82 Å². The van der Waals surface area contributed by atoms with Crippen molar-refractivity contribution in [3.8, 4) is 0 Å². The molecule has 3 fully saturated rings. The van der Waals surface area contributed by atoms with E-state index >= 15 is 0 Å². The molecule has 28 heteroatoms. The number of aliphatic hydroxyl groups is 6. The minimum Gasteiger partial charge on any atom is -0.756 e. The van der Waals surface area contributed by atoms with E-state index in [2.05, 4.69) is 31.3 Å². The molecule has 390 valence electrons. The van der Waals surface area contributed by atoms with Crippen LogP contribution in [0.4, 0.5) is 0 Å². The van der Waals surface area contributed by atoms with Crippen LogP contribution in [0.5, 0.6) is 0 Å². The number of quaternary nitrogens is 2. The third kappa shape index (κ3) is 18.9. The van der Waals surface area contributed by atoms with Gasteiger partial charge in [0.05, 0.1) is 56.2 Å². The second kappa shape index (κ2) is 29.6. The second-order valence-electron chi connectivity index (χ2n) is 16.4. The lowest BCUT2D eigenvalue weighted by molar-refractivity contribution is -0.368. The van der Waals surface area contributed by atoms with Crippen LogP contribution in [0.25, 0.3) is 12.2 Å². The van der Waals surface area contributed by atoms with Crippen LogP contribution in [0.15, 0.2) is 43.7 Å². The van der Waals surface area contributed by atoms with Crippen LogP contribution in [0, 0.1) is 5.92 Å². The number of hydrogen-bond acceptors (Lipinski definition) is 18. The molecule has 10 atom stereocenters. The van der Waals surface area contributed by atoms with Gasteiger partial charge >= 0.3 is 11.4 Å². The van der Waals surface area contributed by atoms with Gasteiger partial charge in [0.25, 0.3) is 18.9 Å². The fourth-order valence-electron chi connectivity index (χ4n) is 7.29. The van der Waals surface area contributed by atoms with E-state index in [1.165, 1.54) is 41.6 Å². The van der Waals surface area contributed by atoms with Gasteiger partial charge in [0, 0.05) is 63.4 Å². The molecule has 27 nitrogen and oxygen atoms in total. The predicted octanol–water partition coefficient (Wildman–Crippen LogP) is -6.69. The molecule has 0 radical (unpaired) electrons. The van der Waals surface area contributed by atoms with E-state index in [-0.39, 0.29) is 62.2 Å². The Kier molecular flexibility index (Phi) is 25.2. The highest BCUT2D eigenvalue weighted by atomic mass is 31.2. The summed E-state index contributed by atoms with van der Waals surface area (Å²) in [6, 6.07) is 0. The third-order valence-electron chi connectivity index (χ3n) is 11.2. The van der Waals surface area contributed by atoms with E-state index in [0.717, 1.165) is 67.2 Å². The largest absolute Gasteiger partial charge is 0.756 e. The number of ether oxygens (including phenoxy) is 2. The van der Waals surface area contributed by atoms with Crippen molar-refractivity contribution >= 4 is 31.8 Å². The maximum atomic E-state index is 12.0. The molecule has 0 spiro atoms. The smallest absolute Gasteiger partial charge is 0.330 e. The predicted molar refractivity (Wildman–Crippen MR) is 242 cm³/mol. The van der Waals surface area contributed by atoms with Gasteiger partial charge in [-0.05, 0) is 44.6 Å². The van der Waals surface area contributed by atoms with Crippen molar-refractivity contribution in [3.63, 3.8) is 0 Å². The Morgan fingerprint density at radius 3 is 2.01 bits per heavy atom. The van der Waals surface area contributed by atoms with Gasteiger partial charge in [-0.15, -0.1) is 0 Å². The van der Waals surface area contributed by atoms with Crippen molar-refractivity contribution in [1.29, 1.82) is 0 Å². The standard InChI is InChI=1S/C18H28N4O6.C12H17N3O6.C11H23N2O6P/c19-7-3-1-2-4-8-20-15(25)6-5-12-10-22(18(27)21-17(12)26)16-9-13(24)14(11-23)28-16;13-3-1-2-6-4-15(12(20)14-10(6)19)11-9(18)8(17)7(5-16)21-11;12-5-3-1-2-4-11(15)13-6-9(10(14)7-13)8-19-20(16,17)18/h5-6,10,13-14,16,23-24H,1-4,7-9,11,19H2,(H,20,25)(H,21,26,27);1-2,4,7-9,11,16-18H,3,5,13H2,(H,14,19,20);9-10,14H,1-8,12H2,(H2,16,17,18)/p+1/b6-5+;2-1+;/t13-,14-,16-;7-,8+,9?,11-;/m11./s1. The van der Waals surface area contributed by atoms with Crippen LogP contribution in [0.2, 0.25) is 0 Å². The molecule has 0 bridgehead atoms. The van der Waals surface area contributed by atoms with Crippen molar-refractivity contribution in [2.24, 2.45) is 11.7 Å². The molecule has 5 heterocycles. The molecular formula is C41H69N9O18P+. The third-order valence-corrected chi connectivity index (χ3v) is 11.6. The summed E-state index contributed by atoms with van der Waals surface area (Å²) >= 11 is 0. The van der Waals surface area contributed by atoms with Gasteiger partial charge in [-0.1, -0.05) is 18.6 Å². The molecule has 69 heavy (non-hydrogen) atoms. The lowest BCUT2D eigenvalue weighted by Crippen LogP contribution is -2.50. The minimum absolute atomic E-state index is 0.0510. The molecule has 3 aliphatic rings. The Morgan fingerprint density at radius 1 is 0.841 bits per heavy atom. The molecule has 5 rings (SSSR count). The van der Waals surface area contributed by atoms with Gasteiger partial charge in [0.2, 0.25) is 11.8 Å². The number of aromatic amines is 2. The van der Waals surface area contributed by atoms with Crippen LogP contribution in [-0.2, 0) is 28.2 Å². The number of H-pyrrole nitrogens is 2. The zero-order valence-electron chi connectivity index (χ0n) is 38.3. The number of aromatic nitrogens is 4. The van der Waals surface area contributed by atoms with E-state index < -0.39 is 91.9 Å². The van der Waals surface area contributed by atoms with Crippen LogP contribution in [-0.4, -0.2) is 167 Å². The molecule has 18 N–H and O–H groups in total. The van der Waals surface area contributed by atoms with E-state index in [0.29, 0.717) is 13.0 Å². The maximum Gasteiger partial charge on any atom is 0.330 e. The summed E-state index contributed by atoms with van der Waals surface area (Å²) < 4.78 is 27.6. The summed E-state index contributed by atoms with van der Waals surface area (Å²) in [7, 11) is -4.78. The van der Waals surface area contributed by atoms with Crippen molar-refractivity contribution in [2.45, 2.75) is 107 Å². The van der Waals surface area contributed by atoms with E-state index in [4.69, 9.17) is 30.3 Å². The first-order valence-electron chi connectivity index (χ1n) is 22.6. The van der Waals surface area contributed by atoms with E-state index in [1.807, 2.05) is 0 Å². The highest BCUT2D eigenvalue weighted by molar-refractivity contribution is 7.44. The number of nitrogens with one attached hydrogen (secondary N) is 3. The molecule has 4 unspecified atom stereocenters. The fourth-order valence-corrected chi connectivity index (χ4v) is 7.67. The number of amides is 2. The summed E-state index contributed by atoms with van der Waals surface area (Å²) in [5.41, 5.74) is 10.4. The van der Waals surface area contributed by atoms with Crippen molar-refractivity contribution in [2.75, 3.05) is 59.1 Å². The SMILES string of the molecule is NC/C=C/c1cn([C@@H]2O[C@H](CO)[C@H](O)C2O)c(=O)[nH]c1=O.[NH3+]CCCCCC(=O)N1CC(O)C(COP(=O)([O-])O)C1.[NH3+]CCCCCCNC(=O)/C=C/c1cn([C@H]2C[C@@H](O)[C@@H](CO)O2)c(=O)[nH]c1=O. The van der Waals surface area contributed by atoms with Crippen LogP contribution < -0.4 is 49.9 Å². The monoisotopic (exact) mass is 1010 g/mol. The number of phosphoric acid groups is 1. The van der Waals surface area contributed by atoms with Crippen LogP contribution in [0.1, 0.15) is 81.4 Å². The minimum atomic E-state index is -4.78. The number of β-amino-alcohol motifs (C(OH)–C–C–N with tert-alkyl or cyclic N) is 1. The zero-order chi connectivity index (χ0) is 51.3. The fraction of sp³-hybridized carbons (Fsp3) is 0.659. The molecule has 0 aliphatic carbocycles. The van der Waals surface area contributed by atoms with Crippen molar-refractivity contribution in [1.82, 2.24) is 29.3 Å². The van der Waals surface area contributed by atoms with Crippen molar-refractivity contribution < 1.29 is 80.0 Å². The lowest BCUT2D eigenvalue weighted by Gasteiger charge is -2.20. The first-order chi connectivity index (χ1) is 32.8. The summed E-state index contributed by atoms with van der Waals surface area (Å²) in [6.45, 7) is 1.75. The second-order valence-corrected chi connectivity index (χ2v) is 17.6. The van der Waals surface area contributed by atoms with Gasteiger partial charge in [-0.2, -0.15) is 0 Å². The first-order valence-corrected chi connectivity index (χ1v) is 24.1. The molecule has 2 amide bonds. The Morgan fingerprint density at radius 2 is 1.43 bits per heavy atom. The number of nitrogens with zero attached hydrogens (tertiary/aromatic N) is 3. The highest BCUT2D eigenvalue weighted by Gasteiger charge is 2.44. The molecule has 3 saturated heterocycles. The molecule has 2 aromatic rings. The van der Waals surface area contributed by atoms with E-state index in [9.17, 15) is 58.7 Å². The van der Waals surface area contributed by atoms with Gasteiger partial charge in [0.1, 0.15) is 30.6 Å². The number of carbonyl (C=O) groups is 2. The average molecular weight is 1010 g/mol.